The van der Waals surface area contributed by atoms with Crippen LogP contribution in [-0.4, -0.2) is 56.3 Å². The van der Waals surface area contributed by atoms with Gasteiger partial charge in [-0.3, -0.25) is 14.8 Å². The number of urea groups is 1. The monoisotopic (exact) mass is 528 g/mol. The van der Waals surface area contributed by atoms with Crippen molar-refractivity contribution in [3.8, 4) is 17.0 Å². The highest BCUT2D eigenvalue weighted by Gasteiger charge is 2.32. The highest BCUT2D eigenvalue weighted by atomic mass is 32.2. The lowest BCUT2D eigenvalue weighted by Gasteiger charge is -2.33. The summed E-state index contributed by atoms with van der Waals surface area (Å²) in [4.78, 5) is 34.8. The maximum atomic E-state index is 15.2. The van der Waals surface area contributed by atoms with Crippen molar-refractivity contribution in [2.75, 3.05) is 34.8 Å². The maximum absolute atomic E-state index is 15.2. The van der Waals surface area contributed by atoms with Crippen LogP contribution in [0, 0.1) is 5.82 Å². The van der Waals surface area contributed by atoms with Crippen molar-refractivity contribution < 1.29 is 27.1 Å². The first kappa shape index (κ1) is 25.8. The second-order valence-electron chi connectivity index (χ2n) is 8.31. The van der Waals surface area contributed by atoms with Crippen LogP contribution in [0.2, 0.25) is 0 Å². The molecule has 0 radical (unpaired) electrons. The van der Waals surface area contributed by atoms with Crippen molar-refractivity contribution in [2.45, 2.75) is 18.9 Å². The molecule has 11 nitrogen and oxygen atoms in total. The van der Waals surface area contributed by atoms with Gasteiger partial charge in [0.15, 0.2) is 5.82 Å². The van der Waals surface area contributed by atoms with Gasteiger partial charge in [0.2, 0.25) is 21.8 Å². The lowest BCUT2D eigenvalue weighted by atomic mass is 10.0. The molecule has 3 amide bonds. The van der Waals surface area contributed by atoms with Crippen molar-refractivity contribution in [3.05, 3.63) is 60.7 Å². The summed E-state index contributed by atoms with van der Waals surface area (Å²) in [6.45, 7) is 0.283. The standard InChI is InChI=1S/C24H25FN6O5S/c1-36-22-14-26-21(13-27-22)29-24(33)28-19-8-5-11-31(23(19)32)20-10-9-15(12-17(20)25)16-6-3-4-7-18(16)30-37(2,34)35/h3-4,6-7,9-10,12-14,19,30H,5,8,11H2,1-2H3,(H2,26,28,29,33)/t19-/m1/s1. The molecule has 3 aromatic rings. The van der Waals surface area contributed by atoms with Crippen molar-refractivity contribution in [3.63, 3.8) is 0 Å². The van der Waals surface area contributed by atoms with Crippen molar-refractivity contribution in [1.29, 1.82) is 0 Å². The molecule has 1 fully saturated rings. The summed E-state index contributed by atoms with van der Waals surface area (Å²) in [6, 6.07) is 9.44. The fraction of sp³-hybridized carbons (Fsp3) is 0.250. The van der Waals surface area contributed by atoms with Crippen LogP contribution in [0.5, 0.6) is 5.88 Å². The fourth-order valence-electron chi connectivity index (χ4n) is 3.96. The van der Waals surface area contributed by atoms with E-state index in [4.69, 9.17) is 4.74 Å². The quantitative estimate of drug-likeness (QED) is 0.428. The minimum Gasteiger partial charge on any atom is -0.480 e. The van der Waals surface area contributed by atoms with E-state index in [1.165, 1.54) is 36.5 Å². The van der Waals surface area contributed by atoms with E-state index >= 15 is 4.39 Å². The van der Waals surface area contributed by atoms with E-state index in [2.05, 4.69) is 25.3 Å². The van der Waals surface area contributed by atoms with Crippen LogP contribution in [0.25, 0.3) is 11.1 Å². The number of hydrogen-bond acceptors (Lipinski definition) is 7. The number of hydrogen-bond donors (Lipinski definition) is 3. The van der Waals surface area contributed by atoms with Crippen LogP contribution < -0.4 is 25.0 Å². The number of amides is 3. The van der Waals surface area contributed by atoms with Gasteiger partial charge in [-0.25, -0.2) is 27.6 Å². The van der Waals surface area contributed by atoms with Gasteiger partial charge in [-0.2, -0.15) is 0 Å². The predicted molar refractivity (Wildman–Crippen MR) is 136 cm³/mol. The number of carbonyl (C=O) groups is 2. The highest BCUT2D eigenvalue weighted by Crippen LogP contribution is 2.33. The van der Waals surface area contributed by atoms with Gasteiger partial charge in [-0.1, -0.05) is 24.3 Å². The minimum absolute atomic E-state index is 0.0650. The van der Waals surface area contributed by atoms with Gasteiger partial charge in [0.1, 0.15) is 11.9 Å². The van der Waals surface area contributed by atoms with E-state index in [9.17, 15) is 18.0 Å². The van der Waals surface area contributed by atoms with Crippen molar-refractivity contribution in [1.82, 2.24) is 15.3 Å². The van der Waals surface area contributed by atoms with Crippen LogP contribution in [0.3, 0.4) is 0 Å². The molecule has 2 heterocycles. The first-order valence-corrected chi connectivity index (χ1v) is 13.2. The normalized spacial score (nSPS) is 15.7. The summed E-state index contributed by atoms with van der Waals surface area (Å²) in [7, 11) is -2.10. The summed E-state index contributed by atoms with van der Waals surface area (Å²) in [5.41, 5.74) is 1.30. The Labute approximate surface area is 213 Å². The van der Waals surface area contributed by atoms with Crippen molar-refractivity contribution >= 4 is 39.2 Å². The molecule has 1 saturated heterocycles. The molecule has 194 valence electrons. The lowest BCUT2D eigenvalue weighted by Crippen LogP contribution is -2.53. The zero-order chi connectivity index (χ0) is 26.6. The Kier molecular flexibility index (Phi) is 7.53. The SMILES string of the molecule is COc1cnc(NC(=O)N[C@@H]2CCCN(c3ccc(-c4ccccc4NS(C)(=O)=O)cc3F)C2=O)cn1. The Morgan fingerprint density at radius 2 is 1.95 bits per heavy atom. The van der Waals surface area contributed by atoms with Crippen LogP contribution in [0.15, 0.2) is 54.9 Å². The van der Waals surface area contributed by atoms with E-state index in [0.717, 1.165) is 6.26 Å². The Bertz CT molecular complexity index is 1420. The first-order valence-electron chi connectivity index (χ1n) is 11.3. The maximum Gasteiger partial charge on any atom is 0.321 e. The molecule has 0 unspecified atom stereocenters. The number of sulfonamides is 1. The van der Waals surface area contributed by atoms with Gasteiger partial charge in [0, 0.05) is 12.1 Å². The molecule has 0 saturated carbocycles. The molecule has 3 N–H and O–H groups in total. The Morgan fingerprint density at radius 3 is 2.62 bits per heavy atom. The molecule has 37 heavy (non-hydrogen) atoms. The molecule has 0 bridgehead atoms. The number of methoxy groups -OCH3 is 1. The zero-order valence-electron chi connectivity index (χ0n) is 20.1. The molecule has 1 aliphatic rings. The average molecular weight is 529 g/mol. The zero-order valence-corrected chi connectivity index (χ0v) is 20.9. The molecule has 1 atom stereocenters. The number of piperidine rings is 1. The van der Waals surface area contributed by atoms with Gasteiger partial charge >= 0.3 is 6.03 Å². The average Bonchev–Trinajstić information content (AvgIpc) is 2.85. The summed E-state index contributed by atoms with van der Waals surface area (Å²) >= 11 is 0. The second-order valence-corrected chi connectivity index (χ2v) is 10.1. The number of halogens is 1. The minimum atomic E-state index is -3.54. The van der Waals surface area contributed by atoms with Gasteiger partial charge in [-0.15, -0.1) is 0 Å². The number of ether oxygens (including phenoxy) is 1. The summed E-state index contributed by atoms with van der Waals surface area (Å²) in [5.74, 6) is -0.649. The number of carbonyl (C=O) groups excluding carboxylic acids is 2. The predicted octanol–water partition coefficient (Wildman–Crippen LogP) is 2.98. The molecular formula is C24H25FN6O5S. The molecule has 2 aromatic carbocycles. The van der Waals surface area contributed by atoms with Crippen LogP contribution in [-0.2, 0) is 14.8 Å². The number of nitrogens with zero attached hydrogens (tertiary/aromatic N) is 3. The van der Waals surface area contributed by atoms with Gasteiger partial charge in [-0.05, 0) is 36.6 Å². The molecule has 0 spiro atoms. The largest absolute Gasteiger partial charge is 0.480 e. The number of nitrogens with one attached hydrogen (secondary N) is 3. The summed E-state index contributed by atoms with van der Waals surface area (Å²) in [6.07, 6.45) is 4.62. The van der Waals surface area contributed by atoms with Crippen LogP contribution in [0.4, 0.5) is 26.4 Å². The summed E-state index contributed by atoms with van der Waals surface area (Å²) < 4.78 is 46.0. The Morgan fingerprint density at radius 1 is 1.16 bits per heavy atom. The molecule has 0 aliphatic carbocycles. The smallest absolute Gasteiger partial charge is 0.321 e. The number of rotatable bonds is 7. The third kappa shape index (κ3) is 6.30. The fourth-order valence-corrected chi connectivity index (χ4v) is 4.54. The first-order chi connectivity index (χ1) is 17.6. The summed E-state index contributed by atoms with van der Waals surface area (Å²) in [5, 5.41) is 5.10. The van der Waals surface area contributed by atoms with Gasteiger partial charge < -0.3 is 15.0 Å². The van der Waals surface area contributed by atoms with E-state index in [1.54, 1.807) is 30.3 Å². The van der Waals surface area contributed by atoms with Crippen LogP contribution in [0.1, 0.15) is 12.8 Å². The van der Waals surface area contributed by atoms with Crippen LogP contribution >= 0.6 is 0 Å². The van der Waals surface area contributed by atoms with Gasteiger partial charge in [0.05, 0.1) is 37.1 Å². The van der Waals surface area contributed by atoms with E-state index < -0.39 is 33.8 Å². The molecular weight excluding hydrogens is 503 g/mol. The number of para-hydroxylation sites is 1. The number of aromatic nitrogens is 2. The van der Waals surface area contributed by atoms with Crippen molar-refractivity contribution in [2.24, 2.45) is 0 Å². The van der Waals surface area contributed by atoms with E-state index in [-0.39, 0.29) is 23.9 Å². The van der Waals surface area contributed by atoms with E-state index in [0.29, 0.717) is 29.7 Å². The Hall–Kier alpha value is -4.26. The second kappa shape index (κ2) is 10.8. The molecule has 4 rings (SSSR count). The lowest BCUT2D eigenvalue weighted by molar-refractivity contribution is -0.121. The third-order valence-electron chi connectivity index (χ3n) is 5.59. The molecule has 1 aromatic heterocycles. The topological polar surface area (TPSA) is 143 Å². The third-order valence-corrected chi connectivity index (χ3v) is 6.19. The van der Waals surface area contributed by atoms with Gasteiger partial charge in [0.25, 0.3) is 0 Å². The Balaban J connectivity index is 1.48. The van der Waals surface area contributed by atoms with E-state index in [1.807, 2.05) is 0 Å². The molecule has 13 heteroatoms. The number of anilines is 3. The number of benzene rings is 2. The highest BCUT2D eigenvalue weighted by molar-refractivity contribution is 7.92. The molecule has 1 aliphatic heterocycles.